The Morgan fingerprint density at radius 1 is 1.19 bits per heavy atom. The molecule has 0 bridgehead atoms. The van der Waals surface area contributed by atoms with Gasteiger partial charge < -0.3 is 29.0 Å². The third-order valence-electron chi connectivity index (χ3n) is 5.14. The lowest BCUT2D eigenvalue weighted by Crippen LogP contribution is -2.45. The van der Waals surface area contributed by atoms with Gasteiger partial charge in [0, 0.05) is 42.8 Å². The minimum Gasteiger partial charge on any atom is -0.493 e. The van der Waals surface area contributed by atoms with Crippen molar-refractivity contribution in [2.75, 3.05) is 32.6 Å². The maximum Gasteiger partial charge on any atom is 0.321 e. The summed E-state index contributed by atoms with van der Waals surface area (Å²) in [6.45, 7) is 1.35. The van der Waals surface area contributed by atoms with E-state index in [4.69, 9.17) is 18.7 Å². The van der Waals surface area contributed by atoms with Crippen LogP contribution in [0.5, 0.6) is 11.5 Å². The van der Waals surface area contributed by atoms with Gasteiger partial charge in [0.1, 0.15) is 6.61 Å². The fourth-order valence-corrected chi connectivity index (χ4v) is 3.49. The predicted molar refractivity (Wildman–Crippen MR) is 115 cm³/mol. The number of likely N-dealkylation sites (tertiary alicyclic amines) is 1. The lowest BCUT2D eigenvalue weighted by molar-refractivity contribution is -0.00242. The van der Waals surface area contributed by atoms with Gasteiger partial charge in [0.05, 0.1) is 20.3 Å². The summed E-state index contributed by atoms with van der Waals surface area (Å²) in [5, 5.41) is 6.88. The summed E-state index contributed by atoms with van der Waals surface area (Å²) in [4.78, 5) is 22.8. The van der Waals surface area contributed by atoms with E-state index in [9.17, 15) is 4.79 Å². The number of benzene rings is 1. The minimum atomic E-state index is -0.190. The van der Waals surface area contributed by atoms with Crippen molar-refractivity contribution in [1.82, 2.24) is 20.0 Å². The van der Waals surface area contributed by atoms with Crippen molar-refractivity contribution in [1.29, 1.82) is 0 Å². The van der Waals surface area contributed by atoms with E-state index in [0.717, 1.165) is 18.4 Å². The van der Waals surface area contributed by atoms with Gasteiger partial charge in [-0.15, -0.1) is 0 Å². The van der Waals surface area contributed by atoms with Gasteiger partial charge in [-0.3, -0.25) is 4.98 Å². The third-order valence-corrected chi connectivity index (χ3v) is 5.14. The van der Waals surface area contributed by atoms with Crippen molar-refractivity contribution < 1.29 is 23.5 Å². The zero-order valence-electron chi connectivity index (χ0n) is 18.0. The van der Waals surface area contributed by atoms with E-state index in [1.165, 1.54) is 0 Å². The quantitative estimate of drug-likeness (QED) is 0.596. The number of rotatable bonds is 7. The first-order valence-corrected chi connectivity index (χ1v) is 10.3. The molecule has 4 rings (SSSR count). The summed E-state index contributed by atoms with van der Waals surface area (Å²) in [6, 6.07) is 8.66. The molecule has 0 saturated carbocycles. The van der Waals surface area contributed by atoms with Crippen LogP contribution in [0.15, 0.2) is 47.2 Å². The molecule has 1 N–H and O–H groups in total. The molecule has 10 heteroatoms. The van der Waals surface area contributed by atoms with E-state index >= 15 is 0 Å². The van der Waals surface area contributed by atoms with E-state index in [-0.39, 0.29) is 18.7 Å². The molecule has 0 radical (unpaired) electrons. The van der Waals surface area contributed by atoms with Crippen molar-refractivity contribution in [3.8, 4) is 23.0 Å². The molecule has 2 amide bonds. The number of piperidine rings is 1. The van der Waals surface area contributed by atoms with Crippen molar-refractivity contribution in [3.63, 3.8) is 0 Å². The molecule has 32 heavy (non-hydrogen) atoms. The molecule has 1 atom stereocenters. The number of hydrogen-bond donors (Lipinski definition) is 1. The summed E-state index contributed by atoms with van der Waals surface area (Å²) in [5.74, 6) is 2.04. The van der Waals surface area contributed by atoms with Gasteiger partial charge in [-0.05, 0) is 37.1 Å². The molecule has 1 fully saturated rings. The molecule has 1 aromatic carbocycles. The average molecular weight is 439 g/mol. The summed E-state index contributed by atoms with van der Waals surface area (Å²) in [5.41, 5.74) is 1.43. The van der Waals surface area contributed by atoms with Crippen LogP contribution in [-0.2, 0) is 11.3 Å². The average Bonchev–Trinajstić information content (AvgIpc) is 3.32. The number of ether oxygens (including phenoxy) is 3. The van der Waals surface area contributed by atoms with Gasteiger partial charge in [-0.1, -0.05) is 5.16 Å². The second-order valence-corrected chi connectivity index (χ2v) is 7.27. The molecule has 168 valence electrons. The summed E-state index contributed by atoms with van der Waals surface area (Å²) in [6.07, 6.45) is 4.93. The predicted octanol–water partition coefficient (Wildman–Crippen LogP) is 3.36. The van der Waals surface area contributed by atoms with E-state index in [1.54, 1.807) is 61.8 Å². The standard InChI is InChI=1S/C22H25N5O5/c1-29-18-6-5-16(12-19(18)30-2)24-22(28)27-11-3-4-17(13-27)31-14-20-25-21(32-26-20)15-7-9-23-10-8-15/h5-10,12,17H,3-4,11,13-14H2,1-2H3,(H,24,28). The molecule has 3 aromatic rings. The van der Waals surface area contributed by atoms with Crippen LogP contribution < -0.4 is 14.8 Å². The highest BCUT2D eigenvalue weighted by Gasteiger charge is 2.25. The van der Waals surface area contributed by atoms with Crippen LogP contribution in [-0.4, -0.2) is 59.5 Å². The molecule has 2 aromatic heterocycles. The van der Waals surface area contributed by atoms with Crippen molar-refractivity contribution in [3.05, 3.63) is 48.5 Å². The van der Waals surface area contributed by atoms with Gasteiger partial charge in [-0.2, -0.15) is 4.98 Å². The second kappa shape index (κ2) is 10.1. The zero-order valence-corrected chi connectivity index (χ0v) is 18.0. The Morgan fingerprint density at radius 3 is 2.78 bits per heavy atom. The maximum absolute atomic E-state index is 12.7. The highest BCUT2D eigenvalue weighted by atomic mass is 16.5. The number of hydrogen-bond acceptors (Lipinski definition) is 8. The Hall–Kier alpha value is -3.66. The highest BCUT2D eigenvalue weighted by Crippen LogP contribution is 2.30. The number of urea groups is 1. The minimum absolute atomic E-state index is 0.109. The number of methoxy groups -OCH3 is 2. The van der Waals surface area contributed by atoms with Crippen molar-refractivity contribution in [2.24, 2.45) is 0 Å². The molecule has 3 heterocycles. The molecular weight excluding hydrogens is 414 g/mol. The van der Waals surface area contributed by atoms with Crippen LogP contribution in [0.4, 0.5) is 10.5 Å². The number of nitrogens with one attached hydrogen (secondary N) is 1. The fourth-order valence-electron chi connectivity index (χ4n) is 3.49. The summed E-state index contributed by atoms with van der Waals surface area (Å²) < 4.78 is 21.8. The van der Waals surface area contributed by atoms with E-state index < -0.39 is 0 Å². The SMILES string of the molecule is COc1ccc(NC(=O)N2CCCC(OCc3noc(-c4ccncc4)n3)C2)cc1OC. The number of amides is 2. The Labute approximate surface area is 185 Å². The van der Waals surface area contributed by atoms with E-state index in [2.05, 4.69) is 20.4 Å². The summed E-state index contributed by atoms with van der Waals surface area (Å²) in [7, 11) is 3.12. The Bertz CT molecular complexity index is 1040. The monoisotopic (exact) mass is 439 g/mol. The molecule has 0 aliphatic carbocycles. The molecule has 1 unspecified atom stereocenters. The van der Waals surface area contributed by atoms with Crippen LogP contribution in [0, 0.1) is 0 Å². The summed E-state index contributed by atoms with van der Waals surface area (Å²) >= 11 is 0. The van der Waals surface area contributed by atoms with Crippen molar-refractivity contribution in [2.45, 2.75) is 25.6 Å². The first kappa shape index (κ1) is 21.6. The fraction of sp³-hybridized carbons (Fsp3) is 0.364. The van der Waals surface area contributed by atoms with Gasteiger partial charge in [0.2, 0.25) is 0 Å². The lowest BCUT2D eigenvalue weighted by Gasteiger charge is -2.32. The third kappa shape index (κ3) is 5.14. The van der Waals surface area contributed by atoms with E-state index in [0.29, 0.717) is 42.0 Å². The first-order chi connectivity index (χ1) is 15.7. The Morgan fingerprint density at radius 2 is 2.00 bits per heavy atom. The normalized spacial score (nSPS) is 15.9. The number of carbonyl (C=O) groups is 1. The second-order valence-electron chi connectivity index (χ2n) is 7.27. The number of pyridine rings is 1. The maximum atomic E-state index is 12.7. The molecule has 1 saturated heterocycles. The van der Waals surface area contributed by atoms with Crippen LogP contribution in [0.1, 0.15) is 18.7 Å². The van der Waals surface area contributed by atoms with Crippen LogP contribution in [0.25, 0.3) is 11.5 Å². The van der Waals surface area contributed by atoms with Crippen LogP contribution in [0.2, 0.25) is 0 Å². The number of carbonyl (C=O) groups excluding carboxylic acids is 1. The topological polar surface area (TPSA) is 112 Å². The zero-order chi connectivity index (χ0) is 22.3. The molecule has 0 spiro atoms. The number of anilines is 1. The van der Waals surface area contributed by atoms with E-state index in [1.807, 2.05) is 0 Å². The highest BCUT2D eigenvalue weighted by molar-refractivity contribution is 5.89. The van der Waals surface area contributed by atoms with Gasteiger partial charge in [0.25, 0.3) is 5.89 Å². The number of nitrogens with zero attached hydrogens (tertiary/aromatic N) is 4. The molecule has 1 aliphatic rings. The molecule has 1 aliphatic heterocycles. The van der Waals surface area contributed by atoms with Gasteiger partial charge in [-0.25, -0.2) is 4.79 Å². The van der Waals surface area contributed by atoms with Gasteiger partial charge in [0.15, 0.2) is 17.3 Å². The lowest BCUT2D eigenvalue weighted by atomic mass is 10.1. The number of aromatic nitrogens is 3. The molecule has 10 nitrogen and oxygen atoms in total. The van der Waals surface area contributed by atoms with Crippen LogP contribution >= 0.6 is 0 Å². The first-order valence-electron chi connectivity index (χ1n) is 10.3. The van der Waals surface area contributed by atoms with Crippen molar-refractivity contribution >= 4 is 11.7 Å². The molecular formula is C22H25N5O5. The largest absolute Gasteiger partial charge is 0.493 e. The van der Waals surface area contributed by atoms with Crippen LogP contribution in [0.3, 0.4) is 0 Å². The smallest absolute Gasteiger partial charge is 0.321 e. The van der Waals surface area contributed by atoms with Gasteiger partial charge >= 0.3 is 6.03 Å². The Balaban J connectivity index is 1.30. The Kier molecular flexibility index (Phi) is 6.81.